The van der Waals surface area contributed by atoms with Crippen LogP contribution in [0.4, 0.5) is 0 Å². The zero-order valence-corrected chi connectivity index (χ0v) is 24.5. The third-order valence-corrected chi connectivity index (χ3v) is 13.9. The number of carbonyl (C=O) groups excluding carboxylic acids is 1. The first-order chi connectivity index (χ1) is 18.1. The molecule has 0 bridgehead atoms. The van der Waals surface area contributed by atoms with Crippen LogP contribution in [0.2, 0.25) is 18.1 Å². The molecule has 3 nitrogen and oxygen atoms in total. The summed E-state index contributed by atoms with van der Waals surface area (Å²) in [6.07, 6.45) is 2.44. The van der Waals surface area contributed by atoms with Crippen molar-refractivity contribution >= 4 is 14.1 Å². The van der Waals surface area contributed by atoms with Crippen LogP contribution in [0, 0.1) is 17.8 Å². The Morgan fingerprint density at radius 2 is 1.24 bits per heavy atom. The molecule has 0 heterocycles. The fourth-order valence-corrected chi connectivity index (χ4v) is 7.76. The predicted molar refractivity (Wildman–Crippen MR) is 157 cm³/mol. The molecule has 2 saturated carbocycles. The van der Waals surface area contributed by atoms with E-state index in [0.717, 1.165) is 23.1 Å². The molecule has 2 aliphatic carbocycles. The molecular formula is C34H42O3Si. The van der Waals surface area contributed by atoms with Crippen molar-refractivity contribution in [1.29, 1.82) is 0 Å². The lowest BCUT2D eigenvalue weighted by Crippen LogP contribution is -2.46. The number of rotatable bonds is 8. The van der Waals surface area contributed by atoms with Crippen LogP contribution in [-0.2, 0) is 19.6 Å². The maximum atomic E-state index is 12.5. The Morgan fingerprint density at radius 3 is 1.68 bits per heavy atom. The van der Waals surface area contributed by atoms with Gasteiger partial charge in [0.25, 0.3) is 0 Å². The first kappa shape index (κ1) is 27.0. The first-order valence-corrected chi connectivity index (χ1v) is 17.0. The van der Waals surface area contributed by atoms with Crippen molar-refractivity contribution in [2.24, 2.45) is 17.8 Å². The van der Waals surface area contributed by atoms with Crippen molar-refractivity contribution in [3.8, 4) is 0 Å². The van der Waals surface area contributed by atoms with Gasteiger partial charge in [-0.25, -0.2) is 0 Å². The molecule has 2 aliphatic rings. The molecule has 3 aromatic rings. The number of hydrogen-bond acceptors (Lipinski definition) is 3. The van der Waals surface area contributed by atoms with Gasteiger partial charge in [0.05, 0.1) is 12.7 Å². The van der Waals surface area contributed by atoms with E-state index in [2.05, 4.69) is 125 Å². The van der Waals surface area contributed by atoms with E-state index in [1.807, 2.05) is 0 Å². The van der Waals surface area contributed by atoms with Crippen molar-refractivity contribution < 1.29 is 14.0 Å². The highest BCUT2D eigenvalue weighted by Crippen LogP contribution is 2.51. The van der Waals surface area contributed by atoms with Gasteiger partial charge in [0, 0.05) is 18.8 Å². The average Bonchev–Trinajstić information content (AvgIpc) is 3.41. The summed E-state index contributed by atoms with van der Waals surface area (Å²) >= 11 is 0. The Morgan fingerprint density at radius 1 is 0.763 bits per heavy atom. The Bertz CT molecular complexity index is 1120. The summed E-state index contributed by atoms with van der Waals surface area (Å²) in [7, 11) is -1.98. The van der Waals surface area contributed by atoms with Crippen molar-refractivity contribution in [3.63, 3.8) is 0 Å². The minimum atomic E-state index is -1.98. The van der Waals surface area contributed by atoms with E-state index in [0.29, 0.717) is 37.1 Å². The molecule has 0 unspecified atom stereocenters. The molecule has 2 fully saturated rings. The topological polar surface area (TPSA) is 35.5 Å². The predicted octanol–water partition coefficient (Wildman–Crippen LogP) is 8.00. The molecule has 200 valence electrons. The lowest BCUT2D eigenvalue weighted by molar-refractivity contribution is -0.118. The monoisotopic (exact) mass is 526 g/mol. The van der Waals surface area contributed by atoms with Gasteiger partial charge in [-0.2, -0.15) is 0 Å². The second kappa shape index (κ2) is 10.6. The highest BCUT2D eigenvalue weighted by atomic mass is 28.4. The average molecular weight is 527 g/mol. The van der Waals surface area contributed by atoms with Gasteiger partial charge in [0.1, 0.15) is 11.4 Å². The van der Waals surface area contributed by atoms with E-state index in [-0.39, 0.29) is 17.1 Å². The number of Topliss-reactive ketones (excluding diaryl/α,β-unsaturated/α-hetero) is 1. The third kappa shape index (κ3) is 5.06. The zero-order chi connectivity index (χ0) is 27.0. The van der Waals surface area contributed by atoms with Gasteiger partial charge in [-0.05, 0) is 53.1 Å². The van der Waals surface area contributed by atoms with Gasteiger partial charge < -0.3 is 9.16 Å². The first-order valence-electron chi connectivity index (χ1n) is 14.1. The Balaban J connectivity index is 1.55. The maximum absolute atomic E-state index is 12.5. The van der Waals surface area contributed by atoms with Gasteiger partial charge in [0.2, 0.25) is 0 Å². The highest BCUT2D eigenvalue weighted by Gasteiger charge is 2.52. The van der Waals surface area contributed by atoms with Crippen LogP contribution in [0.3, 0.4) is 0 Å². The number of ether oxygens (including phenoxy) is 1. The SMILES string of the molecule is CC(C)(C)[Si](C)(C)O[C@@H]1C[C@@H]2CC(=O)C[C@@H]2[C@H]1COC(c1ccccc1)(c1ccccc1)c1ccccc1. The van der Waals surface area contributed by atoms with Crippen LogP contribution in [0.25, 0.3) is 0 Å². The number of ketones is 1. The highest BCUT2D eigenvalue weighted by molar-refractivity contribution is 6.74. The minimum Gasteiger partial charge on any atom is -0.414 e. The van der Waals surface area contributed by atoms with Gasteiger partial charge in [0.15, 0.2) is 8.32 Å². The van der Waals surface area contributed by atoms with E-state index in [1.54, 1.807) is 0 Å². The zero-order valence-electron chi connectivity index (χ0n) is 23.5. The molecule has 0 N–H and O–H groups in total. The molecule has 0 saturated heterocycles. The summed E-state index contributed by atoms with van der Waals surface area (Å²) in [5, 5.41) is 0.133. The van der Waals surface area contributed by atoms with Crippen molar-refractivity contribution in [2.75, 3.05) is 6.61 Å². The third-order valence-electron chi connectivity index (χ3n) is 9.41. The van der Waals surface area contributed by atoms with E-state index < -0.39 is 13.9 Å². The lowest BCUT2D eigenvalue weighted by atomic mass is 9.79. The van der Waals surface area contributed by atoms with Crippen LogP contribution in [0.5, 0.6) is 0 Å². The molecular weight excluding hydrogens is 484 g/mol. The number of fused-ring (bicyclic) bond motifs is 1. The normalized spacial score (nSPS) is 24.0. The summed E-state index contributed by atoms with van der Waals surface area (Å²) < 4.78 is 14.3. The molecule has 3 aromatic carbocycles. The quantitative estimate of drug-likeness (QED) is 0.220. The largest absolute Gasteiger partial charge is 0.414 e. The van der Waals surface area contributed by atoms with Crippen molar-refractivity contribution in [3.05, 3.63) is 108 Å². The summed E-state index contributed by atoms with van der Waals surface area (Å²) in [5.41, 5.74) is 2.57. The molecule has 4 atom stereocenters. The van der Waals surface area contributed by atoms with Crippen LogP contribution < -0.4 is 0 Å². The molecule has 0 aliphatic heterocycles. The maximum Gasteiger partial charge on any atom is 0.192 e. The van der Waals surface area contributed by atoms with Gasteiger partial charge in [-0.1, -0.05) is 112 Å². The van der Waals surface area contributed by atoms with Gasteiger partial charge >= 0.3 is 0 Å². The summed E-state index contributed by atoms with van der Waals surface area (Å²) in [5.74, 6) is 1.33. The molecule has 4 heteroatoms. The fourth-order valence-electron chi connectivity index (χ4n) is 6.38. The summed E-state index contributed by atoms with van der Waals surface area (Å²) in [6.45, 7) is 12.1. The second-order valence-electron chi connectivity index (χ2n) is 12.8. The standard InChI is InChI=1S/C34H42O3Si/c1-33(2,3)38(4,5)37-32-22-25-21-29(35)23-30(25)31(32)24-36-34(26-15-9-6-10-16-26,27-17-11-7-12-18-27)28-19-13-8-14-20-28/h6-20,25,30-32H,21-24H2,1-5H3/t25-,30-,31+,32+/m0/s1. The Labute approximate surface area is 229 Å². The van der Waals surface area contributed by atoms with Crippen LogP contribution >= 0.6 is 0 Å². The molecule has 5 rings (SSSR count). The number of benzene rings is 3. The van der Waals surface area contributed by atoms with Crippen molar-refractivity contribution in [2.45, 2.75) is 69.9 Å². The summed E-state index contributed by atoms with van der Waals surface area (Å²) in [4.78, 5) is 12.5. The van der Waals surface area contributed by atoms with Gasteiger partial charge in [-0.3, -0.25) is 4.79 Å². The molecule has 0 radical (unpaired) electrons. The number of hydrogen-bond donors (Lipinski definition) is 0. The van der Waals surface area contributed by atoms with E-state index in [9.17, 15) is 4.79 Å². The van der Waals surface area contributed by atoms with Crippen molar-refractivity contribution in [1.82, 2.24) is 0 Å². The van der Waals surface area contributed by atoms with E-state index >= 15 is 0 Å². The summed E-state index contributed by atoms with van der Waals surface area (Å²) in [6, 6.07) is 31.7. The van der Waals surface area contributed by atoms with Crippen LogP contribution in [0.15, 0.2) is 91.0 Å². The number of carbonyl (C=O) groups is 1. The smallest absolute Gasteiger partial charge is 0.192 e. The Hall–Kier alpha value is -2.53. The fraction of sp³-hybridized carbons (Fsp3) is 0.441. The lowest BCUT2D eigenvalue weighted by Gasteiger charge is -2.42. The molecule has 38 heavy (non-hydrogen) atoms. The second-order valence-corrected chi connectivity index (χ2v) is 17.5. The van der Waals surface area contributed by atoms with Crippen LogP contribution in [-0.4, -0.2) is 26.8 Å². The molecule has 0 amide bonds. The van der Waals surface area contributed by atoms with E-state index in [1.165, 1.54) is 0 Å². The minimum absolute atomic E-state index is 0.124. The molecule has 0 spiro atoms. The van der Waals surface area contributed by atoms with E-state index in [4.69, 9.17) is 9.16 Å². The van der Waals surface area contributed by atoms with Gasteiger partial charge in [-0.15, -0.1) is 0 Å². The molecule has 0 aromatic heterocycles. The van der Waals surface area contributed by atoms with Crippen LogP contribution in [0.1, 0.15) is 56.7 Å². The Kier molecular flexibility index (Phi) is 7.52.